The number of nitrogens with zero attached hydrogens (tertiary/aromatic N) is 3. The molecule has 0 atom stereocenters. The molecule has 2 heterocycles. The molecular formula is C14H16N6O. The maximum Gasteiger partial charge on any atom is 0.272 e. The van der Waals surface area contributed by atoms with Crippen LogP contribution in [0.25, 0.3) is 10.9 Å². The van der Waals surface area contributed by atoms with E-state index in [4.69, 9.17) is 5.73 Å². The molecule has 1 amide bonds. The standard InChI is InChI=1S/C14H16N6O/c1-20-7-5-10(19-20)4-6-16-14(21)13-11-8-9(15)2-3-12(11)17-18-13/h2-3,5,7-8H,4,6,15H2,1H3,(H,16,21)(H,17,18). The van der Waals surface area contributed by atoms with E-state index in [2.05, 4.69) is 20.6 Å². The predicted molar refractivity (Wildman–Crippen MR) is 79.8 cm³/mol. The number of amides is 1. The number of fused-ring (bicyclic) bond motifs is 1. The average molecular weight is 284 g/mol. The van der Waals surface area contributed by atoms with Gasteiger partial charge in [-0.05, 0) is 24.3 Å². The minimum Gasteiger partial charge on any atom is -0.399 e. The van der Waals surface area contributed by atoms with Crippen molar-refractivity contribution in [2.75, 3.05) is 12.3 Å². The Kier molecular flexibility index (Phi) is 3.31. The Labute approximate surface area is 121 Å². The zero-order valence-corrected chi connectivity index (χ0v) is 11.6. The summed E-state index contributed by atoms with van der Waals surface area (Å²) >= 11 is 0. The van der Waals surface area contributed by atoms with Crippen LogP contribution in [-0.4, -0.2) is 32.4 Å². The summed E-state index contributed by atoms with van der Waals surface area (Å²) in [5, 5.41) is 14.7. The third kappa shape index (κ3) is 2.71. The Bertz CT molecular complexity index is 788. The SMILES string of the molecule is Cn1ccc(CCNC(=O)c2n[nH]c3ccc(N)cc23)n1. The number of hydrogen-bond donors (Lipinski definition) is 3. The van der Waals surface area contributed by atoms with E-state index in [0.717, 1.165) is 16.6 Å². The van der Waals surface area contributed by atoms with E-state index >= 15 is 0 Å². The van der Waals surface area contributed by atoms with Crippen molar-refractivity contribution >= 4 is 22.5 Å². The highest BCUT2D eigenvalue weighted by Crippen LogP contribution is 2.18. The van der Waals surface area contributed by atoms with Gasteiger partial charge in [0.25, 0.3) is 5.91 Å². The van der Waals surface area contributed by atoms with Crippen LogP contribution in [0.2, 0.25) is 0 Å². The van der Waals surface area contributed by atoms with Crippen LogP contribution >= 0.6 is 0 Å². The first-order chi connectivity index (χ1) is 10.1. The fourth-order valence-electron chi connectivity index (χ4n) is 2.19. The summed E-state index contributed by atoms with van der Waals surface area (Å²) in [5.41, 5.74) is 8.44. The fraction of sp³-hybridized carbons (Fsp3) is 0.214. The summed E-state index contributed by atoms with van der Waals surface area (Å²) in [7, 11) is 1.86. The van der Waals surface area contributed by atoms with Gasteiger partial charge in [-0.1, -0.05) is 0 Å². The molecule has 0 aliphatic rings. The van der Waals surface area contributed by atoms with Crippen molar-refractivity contribution < 1.29 is 4.79 Å². The van der Waals surface area contributed by atoms with Gasteiger partial charge >= 0.3 is 0 Å². The summed E-state index contributed by atoms with van der Waals surface area (Å²) < 4.78 is 1.74. The topological polar surface area (TPSA) is 102 Å². The molecule has 0 unspecified atom stereocenters. The molecule has 3 rings (SSSR count). The molecule has 0 aliphatic heterocycles. The molecule has 2 aromatic heterocycles. The van der Waals surface area contributed by atoms with Crippen molar-refractivity contribution in [2.45, 2.75) is 6.42 Å². The van der Waals surface area contributed by atoms with Crippen molar-refractivity contribution in [1.82, 2.24) is 25.3 Å². The van der Waals surface area contributed by atoms with Crippen LogP contribution in [0.3, 0.4) is 0 Å². The maximum atomic E-state index is 12.2. The monoisotopic (exact) mass is 284 g/mol. The molecule has 0 aliphatic carbocycles. The molecule has 0 saturated carbocycles. The van der Waals surface area contributed by atoms with Gasteiger partial charge in [0, 0.05) is 37.3 Å². The molecule has 0 bridgehead atoms. The third-order valence-corrected chi connectivity index (χ3v) is 3.24. The van der Waals surface area contributed by atoms with E-state index in [-0.39, 0.29) is 5.91 Å². The number of rotatable bonds is 4. The van der Waals surface area contributed by atoms with Gasteiger partial charge in [0.1, 0.15) is 0 Å². The lowest BCUT2D eigenvalue weighted by atomic mass is 10.2. The number of aromatic amines is 1. The van der Waals surface area contributed by atoms with Crippen molar-refractivity contribution in [3.63, 3.8) is 0 Å². The number of H-pyrrole nitrogens is 1. The Balaban J connectivity index is 1.68. The smallest absolute Gasteiger partial charge is 0.272 e. The van der Waals surface area contributed by atoms with E-state index < -0.39 is 0 Å². The lowest BCUT2D eigenvalue weighted by molar-refractivity contribution is 0.0950. The number of benzene rings is 1. The first kappa shape index (κ1) is 13.2. The van der Waals surface area contributed by atoms with Gasteiger partial charge in [-0.15, -0.1) is 0 Å². The second-order valence-electron chi connectivity index (χ2n) is 4.86. The molecule has 21 heavy (non-hydrogen) atoms. The lowest BCUT2D eigenvalue weighted by Gasteiger charge is -2.02. The molecule has 3 aromatic rings. The molecule has 0 fully saturated rings. The number of nitrogens with two attached hydrogens (primary N) is 1. The second kappa shape index (κ2) is 5.28. The van der Waals surface area contributed by atoms with Crippen LogP contribution < -0.4 is 11.1 Å². The van der Waals surface area contributed by atoms with Crippen molar-refractivity contribution in [3.8, 4) is 0 Å². The lowest BCUT2D eigenvalue weighted by Crippen LogP contribution is -2.26. The highest BCUT2D eigenvalue weighted by atomic mass is 16.1. The Morgan fingerprint density at radius 2 is 2.29 bits per heavy atom. The van der Waals surface area contributed by atoms with Gasteiger partial charge in [-0.3, -0.25) is 14.6 Å². The molecule has 108 valence electrons. The number of carbonyl (C=O) groups excluding carboxylic acids is 1. The highest BCUT2D eigenvalue weighted by molar-refractivity contribution is 6.05. The summed E-state index contributed by atoms with van der Waals surface area (Å²) in [6, 6.07) is 7.24. The number of hydrogen-bond acceptors (Lipinski definition) is 4. The van der Waals surface area contributed by atoms with Crippen LogP contribution in [0.5, 0.6) is 0 Å². The van der Waals surface area contributed by atoms with Crippen molar-refractivity contribution in [2.24, 2.45) is 7.05 Å². The Morgan fingerprint density at radius 3 is 3.05 bits per heavy atom. The summed E-state index contributed by atoms with van der Waals surface area (Å²) in [5.74, 6) is -0.220. The normalized spacial score (nSPS) is 10.9. The quantitative estimate of drug-likeness (QED) is 0.618. The molecule has 7 nitrogen and oxygen atoms in total. The van der Waals surface area contributed by atoms with Crippen LogP contribution in [0.4, 0.5) is 5.69 Å². The van der Waals surface area contributed by atoms with Crippen LogP contribution in [0.1, 0.15) is 16.2 Å². The van der Waals surface area contributed by atoms with Gasteiger partial charge in [-0.2, -0.15) is 10.2 Å². The number of aryl methyl sites for hydroxylation is 1. The van der Waals surface area contributed by atoms with Gasteiger partial charge in [0.2, 0.25) is 0 Å². The summed E-state index contributed by atoms with van der Waals surface area (Å²) in [4.78, 5) is 12.2. The second-order valence-corrected chi connectivity index (χ2v) is 4.86. The van der Waals surface area contributed by atoms with Gasteiger partial charge < -0.3 is 11.1 Å². The van der Waals surface area contributed by atoms with Gasteiger partial charge in [-0.25, -0.2) is 0 Å². The van der Waals surface area contributed by atoms with E-state index in [1.165, 1.54) is 0 Å². The molecule has 0 radical (unpaired) electrons. The number of anilines is 1. The van der Waals surface area contributed by atoms with E-state index in [0.29, 0.717) is 24.3 Å². The average Bonchev–Trinajstić information content (AvgIpc) is 3.04. The van der Waals surface area contributed by atoms with E-state index in [1.54, 1.807) is 16.8 Å². The van der Waals surface area contributed by atoms with Crippen LogP contribution in [-0.2, 0) is 13.5 Å². The third-order valence-electron chi connectivity index (χ3n) is 3.24. The largest absolute Gasteiger partial charge is 0.399 e. The number of carbonyl (C=O) groups is 1. The molecule has 7 heteroatoms. The zero-order valence-electron chi connectivity index (χ0n) is 11.6. The Hall–Kier alpha value is -2.83. The minimum absolute atomic E-state index is 0.220. The van der Waals surface area contributed by atoms with Crippen LogP contribution in [0, 0.1) is 0 Å². The molecular weight excluding hydrogens is 268 g/mol. The van der Waals surface area contributed by atoms with E-state index in [9.17, 15) is 4.79 Å². The fourth-order valence-corrected chi connectivity index (χ4v) is 2.19. The number of nitrogen functional groups attached to an aromatic ring is 1. The molecule has 0 spiro atoms. The molecule has 1 aromatic carbocycles. The van der Waals surface area contributed by atoms with Gasteiger partial charge in [0.15, 0.2) is 5.69 Å². The van der Waals surface area contributed by atoms with Crippen molar-refractivity contribution in [3.05, 3.63) is 41.9 Å². The minimum atomic E-state index is -0.220. The summed E-state index contributed by atoms with van der Waals surface area (Å²) in [6.45, 7) is 0.506. The van der Waals surface area contributed by atoms with Gasteiger partial charge in [0.05, 0.1) is 11.2 Å². The zero-order chi connectivity index (χ0) is 14.8. The Morgan fingerprint density at radius 1 is 1.43 bits per heavy atom. The first-order valence-corrected chi connectivity index (χ1v) is 6.64. The molecule has 4 N–H and O–H groups in total. The maximum absolute atomic E-state index is 12.2. The van der Waals surface area contributed by atoms with Crippen molar-refractivity contribution in [1.29, 1.82) is 0 Å². The van der Waals surface area contributed by atoms with Crippen LogP contribution in [0.15, 0.2) is 30.5 Å². The number of nitrogens with one attached hydrogen (secondary N) is 2. The van der Waals surface area contributed by atoms with E-state index in [1.807, 2.05) is 25.4 Å². The predicted octanol–water partition coefficient (Wildman–Crippen LogP) is 0.851. The molecule has 0 saturated heterocycles. The highest BCUT2D eigenvalue weighted by Gasteiger charge is 2.13. The number of aromatic nitrogens is 4. The summed E-state index contributed by atoms with van der Waals surface area (Å²) in [6.07, 6.45) is 2.55. The first-order valence-electron chi connectivity index (χ1n) is 6.64.